The lowest BCUT2D eigenvalue weighted by atomic mass is 10.1. The Morgan fingerprint density at radius 1 is 1.42 bits per heavy atom. The van der Waals surface area contributed by atoms with Gasteiger partial charge >= 0.3 is 0 Å². The van der Waals surface area contributed by atoms with Crippen LogP contribution in [-0.2, 0) is 4.74 Å². The van der Waals surface area contributed by atoms with Crippen LogP contribution in [0.4, 0.5) is 5.69 Å². The number of anilines is 1. The molecule has 0 saturated carbocycles. The third kappa shape index (κ3) is 4.56. The maximum absolute atomic E-state index is 12.0. The SMILES string of the molecule is CCOC(C)(C)CNC(=O)c1cc(N)c(Cl)c(Cl)c1. The lowest BCUT2D eigenvalue weighted by molar-refractivity contribution is -0.00815. The van der Waals surface area contributed by atoms with Crippen molar-refractivity contribution in [1.82, 2.24) is 5.32 Å². The monoisotopic (exact) mass is 304 g/mol. The maximum Gasteiger partial charge on any atom is 0.251 e. The third-order valence-electron chi connectivity index (χ3n) is 2.53. The quantitative estimate of drug-likeness (QED) is 0.822. The molecule has 19 heavy (non-hydrogen) atoms. The number of hydrogen-bond acceptors (Lipinski definition) is 3. The van der Waals surface area contributed by atoms with E-state index in [1.807, 2.05) is 20.8 Å². The second-order valence-corrected chi connectivity index (χ2v) is 5.52. The fourth-order valence-corrected chi connectivity index (χ4v) is 1.91. The Bertz CT molecular complexity index is 453. The first-order valence-corrected chi connectivity index (χ1v) is 6.69. The topological polar surface area (TPSA) is 64.3 Å². The van der Waals surface area contributed by atoms with Gasteiger partial charge in [0.15, 0.2) is 0 Å². The zero-order valence-corrected chi connectivity index (χ0v) is 12.7. The highest BCUT2D eigenvalue weighted by Gasteiger charge is 2.19. The zero-order valence-electron chi connectivity index (χ0n) is 11.2. The van der Waals surface area contributed by atoms with E-state index in [2.05, 4.69) is 5.32 Å². The summed E-state index contributed by atoms with van der Waals surface area (Å²) in [6.45, 7) is 6.69. The molecule has 3 N–H and O–H groups in total. The average molecular weight is 305 g/mol. The fraction of sp³-hybridized carbons (Fsp3) is 0.462. The van der Waals surface area contributed by atoms with Crippen molar-refractivity contribution in [2.45, 2.75) is 26.4 Å². The fourth-order valence-electron chi connectivity index (χ4n) is 1.58. The molecule has 106 valence electrons. The Morgan fingerprint density at radius 3 is 2.58 bits per heavy atom. The number of halogens is 2. The summed E-state index contributed by atoms with van der Waals surface area (Å²) < 4.78 is 5.50. The molecule has 0 aromatic heterocycles. The van der Waals surface area contributed by atoms with E-state index in [-0.39, 0.29) is 21.6 Å². The highest BCUT2D eigenvalue weighted by molar-refractivity contribution is 6.43. The standard InChI is InChI=1S/C13H18Cl2N2O2/c1-4-19-13(2,3)7-17-12(18)8-5-9(14)11(15)10(16)6-8/h5-6H,4,7,16H2,1-3H3,(H,17,18). The van der Waals surface area contributed by atoms with Crippen LogP contribution >= 0.6 is 23.2 Å². The van der Waals surface area contributed by atoms with E-state index in [1.165, 1.54) is 12.1 Å². The van der Waals surface area contributed by atoms with E-state index in [1.54, 1.807) is 0 Å². The minimum absolute atomic E-state index is 0.257. The number of rotatable bonds is 5. The highest BCUT2D eigenvalue weighted by atomic mass is 35.5. The highest BCUT2D eigenvalue weighted by Crippen LogP contribution is 2.29. The summed E-state index contributed by atoms with van der Waals surface area (Å²) in [4.78, 5) is 12.0. The first kappa shape index (κ1) is 16.1. The Kier molecular flexibility index (Phi) is 5.47. The summed E-state index contributed by atoms with van der Waals surface area (Å²) in [6, 6.07) is 2.99. The van der Waals surface area contributed by atoms with E-state index in [0.717, 1.165) is 0 Å². The number of benzene rings is 1. The minimum Gasteiger partial charge on any atom is -0.397 e. The van der Waals surface area contributed by atoms with Crippen molar-refractivity contribution in [3.63, 3.8) is 0 Å². The summed E-state index contributed by atoms with van der Waals surface area (Å²) in [6.07, 6.45) is 0. The third-order valence-corrected chi connectivity index (χ3v) is 3.34. The van der Waals surface area contributed by atoms with Gasteiger partial charge in [-0.05, 0) is 32.9 Å². The second kappa shape index (κ2) is 6.46. The molecule has 0 unspecified atom stereocenters. The largest absolute Gasteiger partial charge is 0.397 e. The Morgan fingerprint density at radius 2 is 2.05 bits per heavy atom. The molecule has 0 atom stereocenters. The van der Waals surface area contributed by atoms with Crippen molar-refractivity contribution in [2.75, 3.05) is 18.9 Å². The van der Waals surface area contributed by atoms with Crippen LogP contribution in [0, 0.1) is 0 Å². The molecule has 0 saturated heterocycles. The maximum atomic E-state index is 12.0. The van der Waals surface area contributed by atoms with Gasteiger partial charge < -0.3 is 15.8 Å². The Labute approximate surface area is 123 Å². The molecule has 0 fully saturated rings. The molecular formula is C13H18Cl2N2O2. The molecule has 0 spiro atoms. The van der Waals surface area contributed by atoms with E-state index in [9.17, 15) is 4.79 Å². The van der Waals surface area contributed by atoms with Crippen LogP contribution < -0.4 is 11.1 Å². The molecule has 0 heterocycles. The molecule has 0 bridgehead atoms. The summed E-state index contributed by atoms with van der Waals surface area (Å²) >= 11 is 11.7. The molecular weight excluding hydrogens is 287 g/mol. The number of carbonyl (C=O) groups excluding carboxylic acids is 1. The summed E-state index contributed by atoms with van der Waals surface area (Å²) in [7, 11) is 0. The van der Waals surface area contributed by atoms with Crippen LogP contribution in [0.5, 0.6) is 0 Å². The van der Waals surface area contributed by atoms with Crippen LogP contribution in [0.1, 0.15) is 31.1 Å². The number of nitrogens with two attached hydrogens (primary N) is 1. The number of amides is 1. The van der Waals surface area contributed by atoms with Crippen molar-refractivity contribution in [3.8, 4) is 0 Å². The number of nitrogen functional groups attached to an aromatic ring is 1. The summed E-state index contributed by atoms with van der Waals surface area (Å²) in [5.41, 5.74) is 5.90. The van der Waals surface area contributed by atoms with Gasteiger partial charge in [-0.15, -0.1) is 0 Å². The van der Waals surface area contributed by atoms with Gasteiger partial charge in [0.2, 0.25) is 0 Å². The number of hydrogen-bond donors (Lipinski definition) is 2. The molecule has 0 aliphatic carbocycles. The number of nitrogens with one attached hydrogen (secondary N) is 1. The van der Waals surface area contributed by atoms with Crippen molar-refractivity contribution < 1.29 is 9.53 Å². The van der Waals surface area contributed by atoms with E-state index in [4.69, 9.17) is 33.7 Å². The van der Waals surface area contributed by atoms with E-state index < -0.39 is 5.60 Å². The van der Waals surface area contributed by atoms with Gasteiger partial charge in [0.1, 0.15) is 0 Å². The van der Waals surface area contributed by atoms with Gasteiger partial charge in [-0.1, -0.05) is 23.2 Å². The molecule has 4 nitrogen and oxygen atoms in total. The van der Waals surface area contributed by atoms with Crippen LogP contribution in [0.2, 0.25) is 10.0 Å². The van der Waals surface area contributed by atoms with Gasteiger partial charge in [-0.3, -0.25) is 4.79 Å². The van der Waals surface area contributed by atoms with Crippen molar-refractivity contribution in [2.24, 2.45) is 0 Å². The molecule has 0 radical (unpaired) electrons. The van der Waals surface area contributed by atoms with Gasteiger partial charge in [0, 0.05) is 18.7 Å². The number of carbonyl (C=O) groups is 1. The minimum atomic E-state index is -0.424. The Balaban J connectivity index is 2.74. The average Bonchev–Trinajstić information content (AvgIpc) is 2.32. The molecule has 1 amide bonds. The number of ether oxygens (including phenoxy) is 1. The van der Waals surface area contributed by atoms with Crippen LogP contribution in [0.25, 0.3) is 0 Å². The lowest BCUT2D eigenvalue weighted by Crippen LogP contribution is -2.40. The molecule has 0 aliphatic rings. The van der Waals surface area contributed by atoms with Crippen molar-refractivity contribution in [1.29, 1.82) is 0 Å². The predicted octanol–water partition coefficient (Wildman–Crippen LogP) is 3.12. The van der Waals surface area contributed by atoms with Crippen LogP contribution in [0.3, 0.4) is 0 Å². The summed E-state index contributed by atoms with van der Waals surface area (Å²) in [5, 5.41) is 3.29. The summed E-state index contributed by atoms with van der Waals surface area (Å²) in [5.74, 6) is -0.266. The van der Waals surface area contributed by atoms with Gasteiger partial charge in [-0.25, -0.2) is 0 Å². The van der Waals surface area contributed by atoms with Gasteiger partial charge in [0.25, 0.3) is 5.91 Å². The normalized spacial score (nSPS) is 11.4. The van der Waals surface area contributed by atoms with E-state index in [0.29, 0.717) is 18.7 Å². The zero-order chi connectivity index (χ0) is 14.6. The van der Waals surface area contributed by atoms with Gasteiger partial charge in [0.05, 0.1) is 21.3 Å². The molecule has 1 rings (SSSR count). The first-order chi connectivity index (χ1) is 8.76. The first-order valence-electron chi connectivity index (χ1n) is 5.93. The van der Waals surface area contributed by atoms with Crippen LogP contribution in [-0.4, -0.2) is 24.7 Å². The van der Waals surface area contributed by atoms with E-state index >= 15 is 0 Å². The van der Waals surface area contributed by atoms with Crippen LogP contribution in [0.15, 0.2) is 12.1 Å². The smallest absolute Gasteiger partial charge is 0.251 e. The predicted molar refractivity (Wildman–Crippen MR) is 78.9 cm³/mol. The molecule has 1 aromatic rings. The van der Waals surface area contributed by atoms with Crippen molar-refractivity contribution >= 4 is 34.8 Å². The molecule has 6 heteroatoms. The van der Waals surface area contributed by atoms with Gasteiger partial charge in [-0.2, -0.15) is 0 Å². The Hall–Kier alpha value is -0.970. The molecule has 1 aromatic carbocycles. The lowest BCUT2D eigenvalue weighted by Gasteiger charge is -2.24. The van der Waals surface area contributed by atoms with Crippen molar-refractivity contribution in [3.05, 3.63) is 27.7 Å². The molecule has 0 aliphatic heterocycles. The second-order valence-electron chi connectivity index (χ2n) is 4.74.